The Kier molecular flexibility index (Phi) is 4.72. The van der Waals surface area contributed by atoms with Gasteiger partial charge in [0, 0.05) is 37.6 Å². The van der Waals surface area contributed by atoms with Crippen LogP contribution in [0.5, 0.6) is 0 Å². The first-order valence-corrected chi connectivity index (χ1v) is 9.74. The zero-order chi connectivity index (χ0) is 15.6. The molecule has 0 unspecified atom stereocenters. The highest BCUT2D eigenvalue weighted by Gasteiger charge is 2.37. The Labute approximate surface area is 140 Å². The number of ether oxygens (including phenoxy) is 1. The third kappa shape index (κ3) is 3.48. The van der Waals surface area contributed by atoms with Crippen LogP contribution >= 0.6 is 0 Å². The van der Waals surface area contributed by atoms with Crippen LogP contribution in [-0.2, 0) is 11.3 Å². The van der Waals surface area contributed by atoms with Gasteiger partial charge in [0.1, 0.15) is 11.9 Å². The van der Waals surface area contributed by atoms with Gasteiger partial charge in [-0.1, -0.05) is 12.8 Å². The van der Waals surface area contributed by atoms with Crippen molar-refractivity contribution in [3.05, 3.63) is 18.2 Å². The predicted molar refractivity (Wildman–Crippen MR) is 91.2 cm³/mol. The van der Waals surface area contributed by atoms with Crippen molar-refractivity contribution in [2.45, 2.75) is 83.0 Å². The fraction of sp³-hybridized carbons (Fsp3) is 0.842. The second-order valence-corrected chi connectivity index (χ2v) is 7.74. The smallest absolute Gasteiger partial charge is 0.139 e. The maximum atomic E-state index is 6.16. The SMILES string of the molecule is CCn1ccnc1[C@H]1OCCC[C@@H]1N[C@H]1CCC[C@H](C2CC2)C1. The third-order valence-corrected chi connectivity index (χ3v) is 6.12. The molecule has 4 atom stereocenters. The van der Waals surface area contributed by atoms with Crippen molar-refractivity contribution in [2.75, 3.05) is 6.61 Å². The lowest BCUT2D eigenvalue weighted by molar-refractivity contribution is -0.0229. The summed E-state index contributed by atoms with van der Waals surface area (Å²) in [6, 6.07) is 1.12. The van der Waals surface area contributed by atoms with Gasteiger partial charge in [0.15, 0.2) is 0 Å². The van der Waals surface area contributed by atoms with Crippen LogP contribution in [0.15, 0.2) is 12.4 Å². The van der Waals surface area contributed by atoms with Crippen molar-refractivity contribution in [1.29, 1.82) is 0 Å². The molecule has 1 saturated heterocycles. The van der Waals surface area contributed by atoms with E-state index in [2.05, 4.69) is 28.0 Å². The number of rotatable bonds is 5. The van der Waals surface area contributed by atoms with E-state index >= 15 is 0 Å². The molecule has 0 spiro atoms. The Morgan fingerprint density at radius 1 is 1.17 bits per heavy atom. The largest absolute Gasteiger partial charge is 0.369 e. The maximum absolute atomic E-state index is 6.16. The monoisotopic (exact) mass is 317 g/mol. The summed E-state index contributed by atoms with van der Waals surface area (Å²) in [5, 5.41) is 3.98. The van der Waals surface area contributed by atoms with Crippen molar-refractivity contribution in [3.63, 3.8) is 0 Å². The number of nitrogens with one attached hydrogen (secondary N) is 1. The molecular weight excluding hydrogens is 286 g/mol. The van der Waals surface area contributed by atoms with E-state index in [1.807, 2.05) is 6.20 Å². The van der Waals surface area contributed by atoms with Crippen molar-refractivity contribution in [1.82, 2.24) is 14.9 Å². The van der Waals surface area contributed by atoms with Crippen molar-refractivity contribution in [3.8, 4) is 0 Å². The minimum absolute atomic E-state index is 0.125. The Morgan fingerprint density at radius 2 is 2.09 bits per heavy atom. The summed E-state index contributed by atoms with van der Waals surface area (Å²) in [5.41, 5.74) is 0. The molecule has 4 nitrogen and oxygen atoms in total. The fourth-order valence-electron chi connectivity index (χ4n) is 4.73. The van der Waals surface area contributed by atoms with Gasteiger partial charge in [0.25, 0.3) is 0 Å². The summed E-state index contributed by atoms with van der Waals surface area (Å²) in [7, 11) is 0. The van der Waals surface area contributed by atoms with E-state index in [1.165, 1.54) is 51.4 Å². The summed E-state index contributed by atoms with van der Waals surface area (Å²) in [6.45, 7) is 4.02. The normalized spacial score (nSPS) is 35.3. The molecule has 0 aromatic carbocycles. The average molecular weight is 317 g/mol. The van der Waals surface area contributed by atoms with E-state index in [9.17, 15) is 0 Å². The summed E-state index contributed by atoms with van der Waals surface area (Å²) in [4.78, 5) is 4.61. The number of aromatic nitrogens is 2. The van der Waals surface area contributed by atoms with Gasteiger partial charge >= 0.3 is 0 Å². The highest BCUT2D eigenvalue weighted by atomic mass is 16.5. The van der Waals surface area contributed by atoms with Crippen LogP contribution in [-0.4, -0.2) is 28.2 Å². The first-order chi connectivity index (χ1) is 11.3. The van der Waals surface area contributed by atoms with E-state index < -0.39 is 0 Å². The molecular formula is C19H31N3O. The van der Waals surface area contributed by atoms with E-state index in [1.54, 1.807) is 0 Å². The molecule has 0 amide bonds. The quantitative estimate of drug-likeness (QED) is 0.900. The first-order valence-electron chi connectivity index (χ1n) is 9.74. The Balaban J connectivity index is 1.43. The molecule has 2 saturated carbocycles. The predicted octanol–water partition coefficient (Wildman–Crippen LogP) is 3.68. The summed E-state index contributed by atoms with van der Waals surface area (Å²) in [5.74, 6) is 3.15. The standard InChI is InChI=1S/C19H31N3O/c1-2-22-11-10-20-19(22)18-17(7-4-12-23-18)21-16-6-3-5-15(13-16)14-8-9-14/h10-11,14-18,21H,2-9,12-13H2,1H3/t15-,16-,17-,18-/m0/s1. The minimum Gasteiger partial charge on any atom is -0.369 e. The van der Waals surface area contributed by atoms with Crippen LogP contribution in [0.3, 0.4) is 0 Å². The lowest BCUT2D eigenvalue weighted by Crippen LogP contribution is -2.47. The van der Waals surface area contributed by atoms with Gasteiger partial charge in [-0.05, 0) is 57.3 Å². The second kappa shape index (κ2) is 6.94. The number of aryl methyl sites for hydroxylation is 1. The second-order valence-electron chi connectivity index (χ2n) is 7.74. The van der Waals surface area contributed by atoms with Gasteiger partial charge < -0.3 is 14.6 Å². The molecule has 2 aliphatic carbocycles. The van der Waals surface area contributed by atoms with Crippen LogP contribution in [0.25, 0.3) is 0 Å². The van der Waals surface area contributed by atoms with Crippen LogP contribution < -0.4 is 5.32 Å². The number of nitrogens with zero attached hydrogens (tertiary/aromatic N) is 2. The topological polar surface area (TPSA) is 39.1 Å². The van der Waals surface area contributed by atoms with Gasteiger partial charge in [-0.3, -0.25) is 0 Å². The third-order valence-electron chi connectivity index (χ3n) is 6.12. The van der Waals surface area contributed by atoms with Crippen LogP contribution in [0.1, 0.15) is 70.2 Å². The molecule has 3 aliphatic rings. The molecule has 2 heterocycles. The molecule has 4 heteroatoms. The molecule has 0 radical (unpaired) electrons. The molecule has 1 aromatic rings. The molecule has 1 N–H and O–H groups in total. The van der Waals surface area contributed by atoms with E-state index in [-0.39, 0.29) is 6.10 Å². The molecule has 0 bridgehead atoms. The summed E-state index contributed by atoms with van der Waals surface area (Å²) in [6.07, 6.45) is 15.1. The lowest BCUT2D eigenvalue weighted by Gasteiger charge is -2.38. The molecule has 23 heavy (non-hydrogen) atoms. The highest BCUT2D eigenvalue weighted by molar-refractivity contribution is 5.03. The fourth-order valence-corrected chi connectivity index (χ4v) is 4.73. The van der Waals surface area contributed by atoms with E-state index in [0.717, 1.165) is 30.8 Å². The van der Waals surface area contributed by atoms with Crippen LogP contribution in [0.2, 0.25) is 0 Å². The van der Waals surface area contributed by atoms with E-state index in [0.29, 0.717) is 12.1 Å². The molecule has 128 valence electrons. The zero-order valence-corrected chi connectivity index (χ0v) is 14.4. The first kappa shape index (κ1) is 15.6. The van der Waals surface area contributed by atoms with Crippen LogP contribution in [0.4, 0.5) is 0 Å². The van der Waals surface area contributed by atoms with Crippen LogP contribution in [0, 0.1) is 11.8 Å². The lowest BCUT2D eigenvalue weighted by atomic mass is 9.82. The van der Waals surface area contributed by atoms with Gasteiger partial charge in [0.2, 0.25) is 0 Å². The van der Waals surface area contributed by atoms with Gasteiger partial charge in [0.05, 0.1) is 0 Å². The minimum atomic E-state index is 0.125. The summed E-state index contributed by atoms with van der Waals surface area (Å²) >= 11 is 0. The van der Waals surface area contributed by atoms with Crippen molar-refractivity contribution >= 4 is 0 Å². The van der Waals surface area contributed by atoms with Gasteiger partial charge in [-0.25, -0.2) is 4.98 Å². The summed E-state index contributed by atoms with van der Waals surface area (Å²) < 4.78 is 8.39. The Morgan fingerprint density at radius 3 is 2.91 bits per heavy atom. The highest BCUT2D eigenvalue weighted by Crippen LogP contribution is 2.44. The molecule has 3 fully saturated rings. The van der Waals surface area contributed by atoms with Gasteiger partial charge in [-0.2, -0.15) is 0 Å². The van der Waals surface area contributed by atoms with Crippen molar-refractivity contribution in [2.24, 2.45) is 11.8 Å². The maximum Gasteiger partial charge on any atom is 0.139 e. The number of hydrogen-bond donors (Lipinski definition) is 1. The molecule has 4 rings (SSSR count). The average Bonchev–Trinajstić information content (AvgIpc) is 3.33. The van der Waals surface area contributed by atoms with Crippen molar-refractivity contribution < 1.29 is 4.74 Å². The molecule has 1 aromatic heterocycles. The zero-order valence-electron chi connectivity index (χ0n) is 14.4. The Bertz CT molecular complexity index is 510. The number of imidazole rings is 1. The Hall–Kier alpha value is -0.870. The number of hydrogen-bond acceptors (Lipinski definition) is 3. The van der Waals surface area contributed by atoms with E-state index in [4.69, 9.17) is 4.74 Å². The molecule has 1 aliphatic heterocycles. The van der Waals surface area contributed by atoms with Gasteiger partial charge in [-0.15, -0.1) is 0 Å².